The van der Waals surface area contributed by atoms with Gasteiger partial charge in [0, 0.05) is 10.1 Å². The van der Waals surface area contributed by atoms with Crippen LogP contribution in [0.1, 0.15) is 5.56 Å². The van der Waals surface area contributed by atoms with Crippen molar-refractivity contribution in [3.63, 3.8) is 0 Å². The van der Waals surface area contributed by atoms with Gasteiger partial charge in [-0.3, -0.25) is 0 Å². The zero-order chi connectivity index (χ0) is 11.4. The van der Waals surface area contributed by atoms with E-state index < -0.39 is 0 Å². The first-order chi connectivity index (χ1) is 8.34. The maximum atomic E-state index is 10.0. The van der Waals surface area contributed by atoms with Crippen molar-refractivity contribution in [2.24, 2.45) is 0 Å². The molecular formula is C15H10OS. The van der Waals surface area contributed by atoms with Gasteiger partial charge < -0.3 is 5.11 Å². The quantitative estimate of drug-likeness (QED) is 0.648. The molecule has 0 unspecified atom stereocenters. The van der Waals surface area contributed by atoms with Crippen LogP contribution in [-0.2, 0) is 0 Å². The van der Waals surface area contributed by atoms with Gasteiger partial charge in [0.2, 0.25) is 0 Å². The standard InChI is InChI=1S/C15H10OS/c16-13-8-17-14-6-5-11-10-4-2-1-3-9(10)7-12(11)15(13)14/h1-7,16H,8H2. The molecule has 2 heteroatoms. The number of fused-ring (bicyclic) bond motifs is 5. The van der Waals surface area contributed by atoms with E-state index in [0.29, 0.717) is 11.5 Å². The molecule has 17 heavy (non-hydrogen) atoms. The molecule has 0 aromatic heterocycles. The lowest BCUT2D eigenvalue weighted by atomic mass is 10.0. The lowest BCUT2D eigenvalue weighted by molar-refractivity contribution is 0.501. The SMILES string of the molecule is OC1=c2c(ccc3c2=Cc2ccccc2-3)SC1. The Hall–Kier alpha value is -1.67. The molecular weight excluding hydrogens is 228 g/mol. The Morgan fingerprint density at radius 3 is 2.82 bits per heavy atom. The van der Waals surface area contributed by atoms with Crippen molar-refractivity contribution >= 4 is 23.6 Å². The molecule has 0 bridgehead atoms. The van der Waals surface area contributed by atoms with E-state index in [1.807, 2.05) is 0 Å². The Morgan fingerprint density at radius 2 is 1.88 bits per heavy atom. The van der Waals surface area contributed by atoms with Gasteiger partial charge in [-0.1, -0.05) is 30.3 Å². The summed E-state index contributed by atoms with van der Waals surface area (Å²) in [6.07, 6.45) is 2.19. The second kappa shape index (κ2) is 3.17. The molecule has 4 rings (SSSR count). The van der Waals surface area contributed by atoms with Crippen LogP contribution in [0.3, 0.4) is 0 Å². The first-order valence-corrected chi connectivity index (χ1v) is 6.62. The third-order valence-electron chi connectivity index (χ3n) is 3.41. The molecule has 0 amide bonds. The molecule has 1 aliphatic carbocycles. The van der Waals surface area contributed by atoms with Crippen LogP contribution < -0.4 is 10.4 Å². The lowest BCUT2D eigenvalue weighted by Crippen LogP contribution is -2.27. The highest BCUT2D eigenvalue weighted by Crippen LogP contribution is 2.28. The highest BCUT2D eigenvalue weighted by atomic mass is 32.2. The minimum absolute atomic E-state index is 0.519. The third-order valence-corrected chi connectivity index (χ3v) is 4.48. The largest absolute Gasteiger partial charge is 0.511 e. The Morgan fingerprint density at radius 1 is 1.00 bits per heavy atom. The molecule has 2 aromatic carbocycles. The zero-order valence-corrected chi connectivity index (χ0v) is 9.92. The van der Waals surface area contributed by atoms with E-state index >= 15 is 0 Å². The molecule has 82 valence electrons. The maximum absolute atomic E-state index is 10.0. The molecule has 1 N–H and O–H groups in total. The molecule has 1 nitrogen and oxygen atoms in total. The molecule has 0 saturated heterocycles. The number of thioether (sulfide) groups is 1. The highest BCUT2D eigenvalue weighted by Gasteiger charge is 2.18. The van der Waals surface area contributed by atoms with Gasteiger partial charge in [0.15, 0.2) is 0 Å². The van der Waals surface area contributed by atoms with E-state index in [0.717, 1.165) is 5.22 Å². The predicted octanol–water partition coefficient (Wildman–Crippen LogP) is 2.27. The van der Waals surface area contributed by atoms with Crippen LogP contribution >= 0.6 is 11.8 Å². The zero-order valence-electron chi connectivity index (χ0n) is 9.10. The fraction of sp³-hybridized carbons (Fsp3) is 0.0667. The summed E-state index contributed by atoms with van der Waals surface area (Å²) in [6.45, 7) is 0. The fourth-order valence-electron chi connectivity index (χ4n) is 2.64. The van der Waals surface area contributed by atoms with Crippen molar-refractivity contribution in [1.29, 1.82) is 0 Å². The predicted molar refractivity (Wildman–Crippen MR) is 71.5 cm³/mol. The van der Waals surface area contributed by atoms with Crippen molar-refractivity contribution in [2.75, 3.05) is 5.75 Å². The van der Waals surface area contributed by atoms with Crippen LogP contribution in [-0.4, -0.2) is 10.9 Å². The van der Waals surface area contributed by atoms with Crippen molar-refractivity contribution in [2.45, 2.75) is 4.90 Å². The van der Waals surface area contributed by atoms with E-state index in [1.165, 1.54) is 26.8 Å². The monoisotopic (exact) mass is 238 g/mol. The van der Waals surface area contributed by atoms with Gasteiger partial charge >= 0.3 is 0 Å². The molecule has 0 radical (unpaired) electrons. The number of hydrogen-bond acceptors (Lipinski definition) is 2. The average Bonchev–Trinajstić information content (AvgIpc) is 2.90. The average molecular weight is 238 g/mol. The van der Waals surface area contributed by atoms with E-state index in [4.69, 9.17) is 0 Å². The summed E-state index contributed by atoms with van der Waals surface area (Å²) in [5.41, 5.74) is 3.77. The Labute approximate surface area is 103 Å². The summed E-state index contributed by atoms with van der Waals surface area (Å²) < 4.78 is 0. The van der Waals surface area contributed by atoms with Crippen LogP contribution in [0.5, 0.6) is 0 Å². The summed E-state index contributed by atoms with van der Waals surface area (Å²) in [7, 11) is 0. The number of rotatable bonds is 0. The van der Waals surface area contributed by atoms with Crippen LogP contribution in [0.25, 0.3) is 23.0 Å². The van der Waals surface area contributed by atoms with Crippen LogP contribution in [0.2, 0.25) is 0 Å². The number of aliphatic hydroxyl groups excluding tert-OH is 1. The minimum atomic E-state index is 0.519. The van der Waals surface area contributed by atoms with E-state index in [1.54, 1.807) is 11.8 Å². The Kier molecular flexibility index (Phi) is 1.75. The highest BCUT2D eigenvalue weighted by molar-refractivity contribution is 8.00. The summed E-state index contributed by atoms with van der Waals surface area (Å²) in [5.74, 6) is 1.22. The molecule has 2 aromatic rings. The first kappa shape index (κ1) is 9.37. The van der Waals surface area contributed by atoms with Crippen molar-refractivity contribution in [3.8, 4) is 11.1 Å². The van der Waals surface area contributed by atoms with Crippen molar-refractivity contribution < 1.29 is 5.11 Å². The topological polar surface area (TPSA) is 20.2 Å². The molecule has 2 aliphatic rings. The maximum Gasteiger partial charge on any atom is 0.111 e. The number of hydrogen-bond donors (Lipinski definition) is 1. The van der Waals surface area contributed by atoms with Crippen molar-refractivity contribution in [3.05, 3.63) is 52.4 Å². The Bertz CT molecular complexity index is 759. The number of benzene rings is 2. The molecule has 1 aliphatic heterocycles. The normalized spacial score (nSPS) is 15.2. The lowest BCUT2D eigenvalue weighted by Gasteiger charge is -2.01. The second-order valence-electron chi connectivity index (χ2n) is 4.37. The van der Waals surface area contributed by atoms with Crippen LogP contribution in [0, 0.1) is 0 Å². The third kappa shape index (κ3) is 1.16. The smallest absolute Gasteiger partial charge is 0.111 e. The molecule has 1 heterocycles. The second-order valence-corrected chi connectivity index (χ2v) is 5.38. The van der Waals surface area contributed by atoms with Gasteiger partial charge in [-0.15, -0.1) is 11.8 Å². The summed E-state index contributed by atoms with van der Waals surface area (Å²) in [5, 5.41) is 12.2. The van der Waals surface area contributed by atoms with Gasteiger partial charge in [0.25, 0.3) is 0 Å². The van der Waals surface area contributed by atoms with Crippen LogP contribution in [0.15, 0.2) is 41.3 Å². The minimum Gasteiger partial charge on any atom is -0.511 e. The van der Waals surface area contributed by atoms with E-state index in [-0.39, 0.29) is 0 Å². The Balaban J connectivity index is 2.21. The van der Waals surface area contributed by atoms with Gasteiger partial charge in [-0.05, 0) is 34.1 Å². The summed E-state index contributed by atoms with van der Waals surface area (Å²) in [4.78, 5) is 1.20. The first-order valence-electron chi connectivity index (χ1n) is 5.64. The van der Waals surface area contributed by atoms with Crippen molar-refractivity contribution in [1.82, 2.24) is 0 Å². The fourth-order valence-corrected chi connectivity index (χ4v) is 3.62. The van der Waals surface area contributed by atoms with Gasteiger partial charge in [0.1, 0.15) is 5.76 Å². The molecule has 0 saturated carbocycles. The number of aliphatic hydroxyl groups is 1. The summed E-state index contributed by atoms with van der Waals surface area (Å²) in [6, 6.07) is 12.7. The van der Waals surface area contributed by atoms with E-state index in [9.17, 15) is 5.11 Å². The molecule has 0 atom stereocenters. The van der Waals surface area contributed by atoms with E-state index in [2.05, 4.69) is 42.5 Å². The molecule has 0 fully saturated rings. The van der Waals surface area contributed by atoms with Gasteiger partial charge in [0.05, 0.1) is 5.75 Å². The van der Waals surface area contributed by atoms with Gasteiger partial charge in [-0.25, -0.2) is 0 Å². The van der Waals surface area contributed by atoms with Gasteiger partial charge in [-0.2, -0.15) is 0 Å². The molecule has 0 spiro atoms. The van der Waals surface area contributed by atoms with Crippen LogP contribution in [0.4, 0.5) is 0 Å². The summed E-state index contributed by atoms with van der Waals surface area (Å²) >= 11 is 1.71.